The van der Waals surface area contributed by atoms with Crippen LogP contribution in [-0.4, -0.2) is 19.4 Å². The maximum absolute atomic E-state index is 11.9. The van der Waals surface area contributed by atoms with Gasteiger partial charge in [0.05, 0.1) is 4.90 Å². The average Bonchev–Trinajstić information content (AvgIpc) is 2.49. The van der Waals surface area contributed by atoms with E-state index in [2.05, 4.69) is 13.8 Å². The molecule has 92 valence electrons. The zero-order valence-corrected chi connectivity index (χ0v) is 11.4. The molecule has 0 spiro atoms. The Bertz CT molecular complexity index is 574. The Morgan fingerprint density at radius 1 is 1.35 bits per heavy atom. The van der Waals surface area contributed by atoms with E-state index in [1.54, 1.807) is 30.0 Å². The molecule has 1 heterocycles. The van der Waals surface area contributed by atoms with E-state index in [-0.39, 0.29) is 0 Å². The zero-order valence-electron chi connectivity index (χ0n) is 9.80. The predicted octanol–water partition coefficient (Wildman–Crippen LogP) is 2.54. The molecule has 0 bridgehead atoms. The number of rotatable bonds is 3. The number of fused-ring (bicyclic) bond motifs is 1. The van der Waals surface area contributed by atoms with Crippen molar-refractivity contribution < 1.29 is 8.42 Å². The third-order valence-corrected chi connectivity index (χ3v) is 5.25. The van der Waals surface area contributed by atoms with Crippen molar-refractivity contribution in [3.8, 4) is 0 Å². The molecule has 5 heteroatoms. The molecule has 2 rings (SSSR count). The molecule has 0 fully saturated rings. The molecule has 0 atom stereocenters. The van der Waals surface area contributed by atoms with Gasteiger partial charge in [-0.25, -0.2) is 8.42 Å². The van der Waals surface area contributed by atoms with Crippen LogP contribution < -0.4 is 5.73 Å². The van der Waals surface area contributed by atoms with Crippen molar-refractivity contribution in [1.82, 2.24) is 0 Å². The topological polar surface area (TPSA) is 60.2 Å². The van der Waals surface area contributed by atoms with Gasteiger partial charge in [0.2, 0.25) is 9.84 Å². The molecule has 0 unspecified atom stereocenters. The molecule has 1 aliphatic rings. The Kier molecular flexibility index (Phi) is 3.23. The van der Waals surface area contributed by atoms with Gasteiger partial charge in [-0.2, -0.15) is 11.8 Å². The molecule has 1 aliphatic heterocycles. The van der Waals surface area contributed by atoms with Crippen molar-refractivity contribution in [1.29, 1.82) is 0 Å². The van der Waals surface area contributed by atoms with E-state index in [4.69, 9.17) is 5.73 Å². The number of nitrogen functional groups attached to an aromatic ring is 1. The van der Waals surface area contributed by atoms with Crippen molar-refractivity contribution in [2.75, 3.05) is 11.5 Å². The van der Waals surface area contributed by atoms with Gasteiger partial charge in [0.15, 0.2) is 0 Å². The maximum atomic E-state index is 11.9. The van der Waals surface area contributed by atoms with Crippen LogP contribution in [0.15, 0.2) is 28.5 Å². The van der Waals surface area contributed by atoms with E-state index in [1.165, 1.54) is 5.41 Å². The second-order valence-electron chi connectivity index (χ2n) is 4.27. The molecule has 1 aromatic carbocycles. The fraction of sp³-hybridized carbons (Fsp3) is 0.333. The Labute approximate surface area is 106 Å². The van der Waals surface area contributed by atoms with Crippen LogP contribution in [-0.2, 0) is 9.84 Å². The minimum atomic E-state index is -3.28. The first-order valence-electron chi connectivity index (χ1n) is 5.38. The van der Waals surface area contributed by atoms with E-state index in [0.29, 0.717) is 27.1 Å². The second kappa shape index (κ2) is 4.38. The summed E-state index contributed by atoms with van der Waals surface area (Å²) in [6, 6.07) is 5.04. The van der Waals surface area contributed by atoms with Gasteiger partial charge >= 0.3 is 0 Å². The Hall–Kier alpha value is -0.940. The number of benzene rings is 1. The fourth-order valence-corrected chi connectivity index (χ4v) is 4.15. The quantitative estimate of drug-likeness (QED) is 0.857. The molecule has 0 aliphatic carbocycles. The molecule has 1 aromatic rings. The van der Waals surface area contributed by atoms with Crippen molar-refractivity contribution in [3.05, 3.63) is 29.2 Å². The van der Waals surface area contributed by atoms with Crippen molar-refractivity contribution >= 4 is 32.9 Å². The van der Waals surface area contributed by atoms with Crippen LogP contribution in [0.4, 0.5) is 5.69 Å². The van der Waals surface area contributed by atoms with Crippen LogP contribution in [0.1, 0.15) is 19.4 Å². The lowest BCUT2D eigenvalue weighted by molar-refractivity contribution is 0.605. The average molecular weight is 269 g/mol. The lowest BCUT2D eigenvalue weighted by atomic mass is 10.1. The minimum absolute atomic E-state index is 0.344. The minimum Gasteiger partial charge on any atom is -0.398 e. The smallest absolute Gasteiger partial charge is 0.200 e. The highest BCUT2D eigenvalue weighted by atomic mass is 32.2. The van der Waals surface area contributed by atoms with Crippen LogP contribution in [0.25, 0.3) is 5.57 Å². The normalized spacial score (nSPS) is 17.0. The standard InChI is InChI=1S/C12H15NO2S2/c1-8(2)16-6-9-7-17(14,15)11-5-3-4-10(13)12(9)11/h3-5,7-8H,6,13H2,1-2H3. The summed E-state index contributed by atoms with van der Waals surface area (Å²) in [6.45, 7) is 4.17. The fourth-order valence-electron chi connectivity index (χ4n) is 1.80. The largest absolute Gasteiger partial charge is 0.398 e. The first-order chi connectivity index (χ1) is 7.92. The van der Waals surface area contributed by atoms with Gasteiger partial charge in [0.25, 0.3) is 0 Å². The van der Waals surface area contributed by atoms with Gasteiger partial charge in [-0.3, -0.25) is 0 Å². The van der Waals surface area contributed by atoms with E-state index < -0.39 is 9.84 Å². The zero-order chi connectivity index (χ0) is 12.6. The maximum Gasteiger partial charge on any atom is 0.200 e. The summed E-state index contributed by atoms with van der Waals surface area (Å²) in [6.07, 6.45) is 0. The van der Waals surface area contributed by atoms with Crippen LogP contribution in [0.5, 0.6) is 0 Å². The molecule has 3 nitrogen and oxygen atoms in total. The van der Waals surface area contributed by atoms with Crippen molar-refractivity contribution in [2.45, 2.75) is 24.0 Å². The Morgan fingerprint density at radius 2 is 2.06 bits per heavy atom. The van der Waals surface area contributed by atoms with E-state index in [9.17, 15) is 8.42 Å². The first-order valence-corrected chi connectivity index (χ1v) is 7.97. The highest BCUT2D eigenvalue weighted by Gasteiger charge is 2.28. The van der Waals surface area contributed by atoms with Gasteiger partial charge in [-0.05, 0) is 23.0 Å². The van der Waals surface area contributed by atoms with Gasteiger partial charge in [0, 0.05) is 22.4 Å². The Balaban J connectivity index is 2.45. The number of hydrogen-bond donors (Lipinski definition) is 1. The SMILES string of the molecule is CC(C)SCC1=CS(=O)(=O)c2cccc(N)c21. The van der Waals surface area contributed by atoms with Crippen LogP contribution in [0.3, 0.4) is 0 Å². The molecule has 17 heavy (non-hydrogen) atoms. The molecule has 0 aromatic heterocycles. The monoisotopic (exact) mass is 269 g/mol. The lowest BCUT2D eigenvalue weighted by Crippen LogP contribution is -1.98. The van der Waals surface area contributed by atoms with Gasteiger partial charge in [0.1, 0.15) is 0 Å². The van der Waals surface area contributed by atoms with Crippen molar-refractivity contribution in [3.63, 3.8) is 0 Å². The highest BCUT2D eigenvalue weighted by molar-refractivity contribution is 8.00. The lowest BCUT2D eigenvalue weighted by Gasteiger charge is -2.09. The molecular weight excluding hydrogens is 254 g/mol. The summed E-state index contributed by atoms with van der Waals surface area (Å²) >= 11 is 1.71. The third kappa shape index (κ3) is 2.35. The van der Waals surface area contributed by atoms with Crippen LogP contribution >= 0.6 is 11.8 Å². The molecule has 0 saturated heterocycles. The van der Waals surface area contributed by atoms with Crippen molar-refractivity contribution in [2.24, 2.45) is 0 Å². The van der Waals surface area contributed by atoms with Gasteiger partial charge in [-0.15, -0.1) is 0 Å². The molecular formula is C12H15NO2S2. The first kappa shape index (κ1) is 12.5. The number of hydrogen-bond acceptors (Lipinski definition) is 4. The molecule has 0 saturated carbocycles. The number of thioether (sulfide) groups is 1. The predicted molar refractivity (Wildman–Crippen MR) is 73.6 cm³/mol. The van der Waals surface area contributed by atoms with E-state index >= 15 is 0 Å². The third-order valence-electron chi connectivity index (χ3n) is 2.56. The van der Waals surface area contributed by atoms with Gasteiger partial charge in [-0.1, -0.05) is 19.9 Å². The second-order valence-corrected chi connectivity index (χ2v) is 7.60. The number of sulfone groups is 1. The highest BCUT2D eigenvalue weighted by Crippen LogP contribution is 2.38. The van der Waals surface area contributed by atoms with E-state index in [1.807, 2.05) is 0 Å². The van der Waals surface area contributed by atoms with Gasteiger partial charge < -0.3 is 5.73 Å². The molecule has 0 amide bonds. The Morgan fingerprint density at radius 3 is 2.71 bits per heavy atom. The molecule has 0 radical (unpaired) electrons. The van der Waals surface area contributed by atoms with E-state index in [0.717, 1.165) is 5.57 Å². The number of anilines is 1. The summed E-state index contributed by atoms with van der Waals surface area (Å²) < 4.78 is 23.8. The van der Waals surface area contributed by atoms with Crippen LogP contribution in [0, 0.1) is 0 Å². The molecule has 2 N–H and O–H groups in total. The number of nitrogens with two attached hydrogens (primary N) is 1. The summed E-state index contributed by atoms with van der Waals surface area (Å²) in [7, 11) is -3.28. The van der Waals surface area contributed by atoms with Crippen LogP contribution in [0.2, 0.25) is 0 Å². The summed E-state index contributed by atoms with van der Waals surface area (Å²) in [5, 5.41) is 1.82. The summed E-state index contributed by atoms with van der Waals surface area (Å²) in [5.41, 5.74) is 7.93. The summed E-state index contributed by atoms with van der Waals surface area (Å²) in [4.78, 5) is 0.344. The summed E-state index contributed by atoms with van der Waals surface area (Å²) in [5.74, 6) is 0.679.